The van der Waals surface area contributed by atoms with Crippen LogP contribution in [0.2, 0.25) is 0 Å². The SMILES string of the molecule is CCCCOc1ccc2c(c1)C(N(c1ccccn1)S(C)(=O)=O)CC(C)(C)O2. The summed E-state index contributed by atoms with van der Waals surface area (Å²) in [6.07, 6.45) is 5.33. The van der Waals surface area contributed by atoms with Crippen molar-refractivity contribution in [3.05, 3.63) is 48.2 Å². The molecule has 0 aliphatic carbocycles. The number of anilines is 1. The van der Waals surface area contributed by atoms with Crippen molar-refractivity contribution in [2.45, 2.75) is 51.7 Å². The van der Waals surface area contributed by atoms with Gasteiger partial charge in [-0.15, -0.1) is 0 Å². The second-order valence-electron chi connectivity index (χ2n) is 7.73. The van der Waals surface area contributed by atoms with Gasteiger partial charge in [0.05, 0.1) is 18.9 Å². The van der Waals surface area contributed by atoms with E-state index < -0.39 is 21.7 Å². The third kappa shape index (κ3) is 4.58. The molecule has 0 radical (unpaired) electrons. The second kappa shape index (κ2) is 7.99. The number of benzene rings is 1. The molecule has 0 bridgehead atoms. The Morgan fingerprint density at radius 3 is 2.71 bits per heavy atom. The van der Waals surface area contributed by atoms with E-state index in [4.69, 9.17) is 9.47 Å². The Bertz CT molecular complexity index is 913. The molecule has 0 amide bonds. The van der Waals surface area contributed by atoms with Crippen molar-refractivity contribution in [2.24, 2.45) is 0 Å². The standard InChI is InChI=1S/C21H28N2O4S/c1-5-6-13-26-16-10-11-19-17(14-16)18(15-21(2,3)27-19)23(28(4,24)25)20-9-7-8-12-22-20/h7-12,14,18H,5-6,13,15H2,1-4H3. The molecule has 2 aromatic rings. The Kier molecular flexibility index (Phi) is 5.84. The van der Waals surface area contributed by atoms with Gasteiger partial charge in [-0.3, -0.25) is 0 Å². The molecule has 0 saturated carbocycles. The predicted molar refractivity (Wildman–Crippen MR) is 110 cm³/mol. The number of ether oxygens (including phenoxy) is 2. The van der Waals surface area contributed by atoms with Crippen LogP contribution in [0.5, 0.6) is 11.5 Å². The first-order valence-electron chi connectivity index (χ1n) is 9.57. The molecule has 1 aliphatic rings. The highest BCUT2D eigenvalue weighted by atomic mass is 32.2. The van der Waals surface area contributed by atoms with Gasteiger partial charge in [-0.2, -0.15) is 0 Å². The third-order valence-electron chi connectivity index (χ3n) is 4.69. The maximum atomic E-state index is 12.8. The quantitative estimate of drug-likeness (QED) is 0.643. The summed E-state index contributed by atoms with van der Waals surface area (Å²) in [7, 11) is -3.57. The zero-order chi connectivity index (χ0) is 20.4. The highest BCUT2D eigenvalue weighted by Gasteiger charge is 2.40. The van der Waals surface area contributed by atoms with Gasteiger partial charge < -0.3 is 9.47 Å². The molecule has 152 valence electrons. The van der Waals surface area contributed by atoms with Crippen molar-refractivity contribution < 1.29 is 17.9 Å². The summed E-state index contributed by atoms with van der Waals surface area (Å²) in [4.78, 5) is 4.30. The minimum atomic E-state index is -3.57. The van der Waals surface area contributed by atoms with Crippen LogP contribution in [0.1, 0.15) is 51.6 Å². The zero-order valence-corrected chi connectivity index (χ0v) is 17.7. The van der Waals surface area contributed by atoms with Crippen LogP contribution in [-0.2, 0) is 10.0 Å². The van der Waals surface area contributed by atoms with Gasteiger partial charge in [0, 0.05) is 18.2 Å². The van der Waals surface area contributed by atoms with Crippen molar-refractivity contribution in [1.82, 2.24) is 4.98 Å². The number of unbranched alkanes of at least 4 members (excludes halogenated alkanes) is 1. The molecule has 1 aliphatic heterocycles. The van der Waals surface area contributed by atoms with Gasteiger partial charge in [0.25, 0.3) is 0 Å². The van der Waals surface area contributed by atoms with E-state index >= 15 is 0 Å². The number of hydrogen-bond acceptors (Lipinski definition) is 5. The van der Waals surface area contributed by atoms with Crippen molar-refractivity contribution in [2.75, 3.05) is 17.2 Å². The first-order chi connectivity index (χ1) is 13.2. The summed E-state index contributed by atoms with van der Waals surface area (Å²) in [6, 6.07) is 10.5. The molecule has 0 fully saturated rings. The number of rotatable bonds is 7. The monoisotopic (exact) mass is 404 g/mol. The Morgan fingerprint density at radius 1 is 1.29 bits per heavy atom. The molecule has 1 aromatic carbocycles. The molecule has 0 N–H and O–H groups in total. The number of sulfonamides is 1. The topological polar surface area (TPSA) is 68.7 Å². The lowest BCUT2D eigenvalue weighted by Crippen LogP contribution is -2.44. The fourth-order valence-electron chi connectivity index (χ4n) is 3.47. The van der Waals surface area contributed by atoms with Crippen LogP contribution in [0.15, 0.2) is 42.6 Å². The first kappa shape index (κ1) is 20.5. The third-order valence-corrected chi connectivity index (χ3v) is 5.85. The Labute approximate surface area is 167 Å². The van der Waals surface area contributed by atoms with Gasteiger partial charge in [0.2, 0.25) is 10.0 Å². The molecule has 6 nitrogen and oxygen atoms in total. The van der Waals surface area contributed by atoms with E-state index in [1.807, 2.05) is 32.0 Å². The highest BCUT2D eigenvalue weighted by molar-refractivity contribution is 7.92. The van der Waals surface area contributed by atoms with Gasteiger partial charge in [-0.05, 0) is 50.6 Å². The number of hydrogen-bond donors (Lipinski definition) is 0. The van der Waals surface area contributed by atoms with Crippen LogP contribution in [0, 0.1) is 0 Å². The Morgan fingerprint density at radius 2 is 2.07 bits per heavy atom. The van der Waals surface area contributed by atoms with Crippen LogP contribution in [0.3, 0.4) is 0 Å². The Balaban J connectivity index is 2.07. The molecule has 28 heavy (non-hydrogen) atoms. The van der Waals surface area contributed by atoms with Gasteiger partial charge in [-0.1, -0.05) is 19.4 Å². The molecular weight excluding hydrogens is 376 g/mol. The molecule has 3 rings (SSSR count). The van der Waals surface area contributed by atoms with E-state index in [9.17, 15) is 8.42 Å². The highest BCUT2D eigenvalue weighted by Crippen LogP contribution is 2.45. The molecule has 7 heteroatoms. The smallest absolute Gasteiger partial charge is 0.233 e. The lowest BCUT2D eigenvalue weighted by atomic mass is 9.89. The van der Waals surface area contributed by atoms with Crippen LogP contribution < -0.4 is 13.8 Å². The Hall–Kier alpha value is -2.28. The molecule has 0 spiro atoms. The molecule has 2 heterocycles. The van der Waals surface area contributed by atoms with Gasteiger partial charge >= 0.3 is 0 Å². The predicted octanol–water partition coefficient (Wildman–Crippen LogP) is 4.33. The fraction of sp³-hybridized carbons (Fsp3) is 0.476. The lowest BCUT2D eigenvalue weighted by molar-refractivity contribution is 0.0733. The summed E-state index contributed by atoms with van der Waals surface area (Å²) in [5, 5.41) is 0. The number of aromatic nitrogens is 1. The minimum absolute atomic E-state index is 0.399. The summed E-state index contributed by atoms with van der Waals surface area (Å²) in [5.74, 6) is 1.79. The van der Waals surface area contributed by atoms with Gasteiger partial charge in [0.15, 0.2) is 0 Å². The normalized spacial score (nSPS) is 18.1. The summed E-state index contributed by atoms with van der Waals surface area (Å²) < 4.78 is 38.9. The van der Waals surface area contributed by atoms with Crippen LogP contribution in [0.25, 0.3) is 0 Å². The maximum Gasteiger partial charge on any atom is 0.233 e. The molecule has 1 aromatic heterocycles. The minimum Gasteiger partial charge on any atom is -0.494 e. The number of fused-ring (bicyclic) bond motifs is 1. The fourth-order valence-corrected chi connectivity index (χ4v) is 4.57. The summed E-state index contributed by atoms with van der Waals surface area (Å²) in [5.41, 5.74) is 0.282. The van der Waals surface area contributed by atoms with E-state index in [2.05, 4.69) is 11.9 Å². The van der Waals surface area contributed by atoms with E-state index in [0.29, 0.717) is 24.6 Å². The average Bonchev–Trinajstić information content (AvgIpc) is 2.61. The van der Waals surface area contributed by atoms with Crippen molar-refractivity contribution in [3.8, 4) is 11.5 Å². The van der Waals surface area contributed by atoms with Crippen LogP contribution in [-0.4, -0.2) is 31.9 Å². The molecule has 0 saturated heterocycles. The lowest BCUT2D eigenvalue weighted by Gasteiger charge is -2.42. The zero-order valence-electron chi connectivity index (χ0n) is 16.9. The van der Waals surface area contributed by atoms with Gasteiger partial charge in [0.1, 0.15) is 22.9 Å². The largest absolute Gasteiger partial charge is 0.494 e. The average molecular weight is 405 g/mol. The van der Waals surface area contributed by atoms with E-state index in [0.717, 1.165) is 24.2 Å². The molecule has 1 atom stereocenters. The summed E-state index contributed by atoms with van der Waals surface area (Å²) in [6.45, 7) is 6.67. The van der Waals surface area contributed by atoms with Crippen LogP contribution >= 0.6 is 0 Å². The van der Waals surface area contributed by atoms with Crippen molar-refractivity contribution >= 4 is 15.8 Å². The van der Waals surface area contributed by atoms with Crippen LogP contribution in [0.4, 0.5) is 5.82 Å². The number of pyridine rings is 1. The molecular formula is C21H28N2O4S. The van der Waals surface area contributed by atoms with E-state index in [1.165, 1.54) is 10.6 Å². The maximum absolute atomic E-state index is 12.8. The summed E-state index contributed by atoms with van der Waals surface area (Å²) >= 11 is 0. The van der Waals surface area contributed by atoms with E-state index in [1.54, 1.807) is 24.4 Å². The number of nitrogens with zero attached hydrogens (tertiary/aromatic N) is 2. The van der Waals surface area contributed by atoms with Crippen molar-refractivity contribution in [3.63, 3.8) is 0 Å². The van der Waals surface area contributed by atoms with Gasteiger partial charge in [-0.25, -0.2) is 17.7 Å². The second-order valence-corrected chi connectivity index (χ2v) is 9.59. The van der Waals surface area contributed by atoms with Crippen molar-refractivity contribution in [1.29, 1.82) is 0 Å². The van der Waals surface area contributed by atoms with E-state index in [-0.39, 0.29) is 0 Å². The molecule has 1 unspecified atom stereocenters. The first-order valence-corrected chi connectivity index (χ1v) is 11.4.